The third kappa shape index (κ3) is 1.71. The van der Waals surface area contributed by atoms with Crippen molar-refractivity contribution in [3.05, 3.63) is 42.7 Å². The molecular formula is C11H15N3. The van der Waals surface area contributed by atoms with Gasteiger partial charge in [-0.25, -0.2) is 4.98 Å². The molecule has 0 fully saturated rings. The van der Waals surface area contributed by atoms with Crippen LogP contribution in [0.1, 0.15) is 25.6 Å². The van der Waals surface area contributed by atoms with E-state index in [1.165, 1.54) is 5.69 Å². The molecule has 0 unspecified atom stereocenters. The van der Waals surface area contributed by atoms with Crippen molar-refractivity contribution in [3.8, 4) is 0 Å². The third-order valence-electron chi connectivity index (χ3n) is 2.31. The van der Waals surface area contributed by atoms with Gasteiger partial charge in [-0.05, 0) is 26.0 Å². The van der Waals surface area contributed by atoms with E-state index in [1.54, 1.807) is 0 Å². The SMILES string of the molecule is CC(C)n1cncc1Cn1cccc1. The van der Waals surface area contributed by atoms with Crippen LogP contribution in [0.25, 0.3) is 0 Å². The van der Waals surface area contributed by atoms with E-state index in [0.717, 1.165) is 6.54 Å². The highest BCUT2D eigenvalue weighted by atomic mass is 15.1. The Bertz CT molecular complexity index is 384. The zero-order valence-electron chi connectivity index (χ0n) is 8.59. The monoisotopic (exact) mass is 189 g/mol. The summed E-state index contributed by atoms with van der Waals surface area (Å²) < 4.78 is 4.34. The predicted molar refractivity (Wildman–Crippen MR) is 56.1 cm³/mol. The minimum absolute atomic E-state index is 0.475. The third-order valence-corrected chi connectivity index (χ3v) is 2.31. The Morgan fingerprint density at radius 1 is 1.29 bits per heavy atom. The highest BCUT2D eigenvalue weighted by molar-refractivity contribution is 5.03. The maximum Gasteiger partial charge on any atom is 0.0951 e. The Labute approximate surface area is 84.0 Å². The summed E-state index contributed by atoms with van der Waals surface area (Å²) in [5, 5.41) is 0. The molecule has 0 N–H and O–H groups in total. The van der Waals surface area contributed by atoms with E-state index < -0.39 is 0 Å². The molecule has 0 bridgehead atoms. The molecule has 0 saturated carbocycles. The molecule has 0 radical (unpaired) electrons. The zero-order chi connectivity index (χ0) is 9.97. The lowest BCUT2D eigenvalue weighted by atomic mass is 10.3. The molecule has 0 spiro atoms. The molecule has 2 aromatic rings. The largest absolute Gasteiger partial charge is 0.348 e. The number of hydrogen-bond acceptors (Lipinski definition) is 1. The van der Waals surface area contributed by atoms with Crippen LogP contribution in [0.5, 0.6) is 0 Å². The van der Waals surface area contributed by atoms with Gasteiger partial charge < -0.3 is 9.13 Å². The molecule has 14 heavy (non-hydrogen) atoms. The summed E-state index contributed by atoms with van der Waals surface area (Å²) in [5.41, 5.74) is 1.25. The minimum Gasteiger partial charge on any atom is -0.348 e. The Hall–Kier alpha value is -1.51. The van der Waals surface area contributed by atoms with E-state index in [0.29, 0.717) is 6.04 Å². The van der Waals surface area contributed by atoms with E-state index in [-0.39, 0.29) is 0 Å². The van der Waals surface area contributed by atoms with Crippen molar-refractivity contribution in [1.82, 2.24) is 14.1 Å². The Kier molecular flexibility index (Phi) is 2.39. The second kappa shape index (κ2) is 3.70. The van der Waals surface area contributed by atoms with Crippen molar-refractivity contribution >= 4 is 0 Å². The molecule has 0 aromatic carbocycles. The van der Waals surface area contributed by atoms with Gasteiger partial charge in [0.05, 0.1) is 18.6 Å². The van der Waals surface area contributed by atoms with Crippen LogP contribution in [-0.4, -0.2) is 14.1 Å². The summed E-state index contributed by atoms with van der Waals surface area (Å²) in [6, 6.07) is 4.55. The van der Waals surface area contributed by atoms with Crippen LogP contribution in [0.4, 0.5) is 0 Å². The van der Waals surface area contributed by atoms with Gasteiger partial charge in [0, 0.05) is 24.6 Å². The normalized spacial score (nSPS) is 11.1. The van der Waals surface area contributed by atoms with Crippen LogP contribution in [0.2, 0.25) is 0 Å². The van der Waals surface area contributed by atoms with Crippen molar-refractivity contribution in [3.63, 3.8) is 0 Å². The van der Waals surface area contributed by atoms with Crippen LogP contribution in [0.3, 0.4) is 0 Å². The van der Waals surface area contributed by atoms with E-state index in [1.807, 2.05) is 24.7 Å². The lowest BCUT2D eigenvalue weighted by Gasteiger charge is -2.11. The highest BCUT2D eigenvalue weighted by Gasteiger charge is 2.04. The van der Waals surface area contributed by atoms with Crippen LogP contribution in [0, 0.1) is 0 Å². The topological polar surface area (TPSA) is 22.8 Å². The number of hydrogen-bond donors (Lipinski definition) is 0. The van der Waals surface area contributed by atoms with Crippen molar-refractivity contribution in [2.75, 3.05) is 0 Å². The van der Waals surface area contributed by atoms with Gasteiger partial charge in [0.2, 0.25) is 0 Å². The quantitative estimate of drug-likeness (QED) is 0.726. The predicted octanol–water partition coefficient (Wildman–Crippen LogP) is 2.31. The van der Waals surface area contributed by atoms with Gasteiger partial charge in [-0.15, -0.1) is 0 Å². The summed E-state index contributed by atoms with van der Waals surface area (Å²) in [6.07, 6.45) is 7.96. The van der Waals surface area contributed by atoms with Crippen LogP contribution in [0.15, 0.2) is 37.1 Å². The molecule has 2 aromatic heterocycles. The number of nitrogens with zero attached hydrogens (tertiary/aromatic N) is 3. The molecule has 0 aliphatic rings. The van der Waals surface area contributed by atoms with Gasteiger partial charge in [0.15, 0.2) is 0 Å². The van der Waals surface area contributed by atoms with E-state index in [9.17, 15) is 0 Å². The van der Waals surface area contributed by atoms with Gasteiger partial charge >= 0.3 is 0 Å². The van der Waals surface area contributed by atoms with Crippen LogP contribution < -0.4 is 0 Å². The Balaban J connectivity index is 2.21. The molecule has 74 valence electrons. The standard InChI is InChI=1S/C11H15N3/c1-10(2)14-9-12-7-11(14)8-13-5-3-4-6-13/h3-7,9-10H,8H2,1-2H3. The summed E-state index contributed by atoms with van der Waals surface area (Å²) in [5.74, 6) is 0. The van der Waals surface area contributed by atoms with Crippen LogP contribution in [-0.2, 0) is 6.54 Å². The summed E-state index contributed by atoms with van der Waals surface area (Å²) in [4.78, 5) is 4.17. The molecule has 0 aliphatic heterocycles. The lowest BCUT2D eigenvalue weighted by Crippen LogP contribution is -2.07. The molecule has 0 saturated heterocycles. The maximum atomic E-state index is 4.17. The van der Waals surface area contributed by atoms with E-state index in [2.05, 4.69) is 40.4 Å². The lowest BCUT2D eigenvalue weighted by molar-refractivity contribution is 0.561. The average Bonchev–Trinajstić information content (AvgIpc) is 2.75. The zero-order valence-corrected chi connectivity index (χ0v) is 8.59. The molecule has 2 rings (SSSR count). The van der Waals surface area contributed by atoms with E-state index >= 15 is 0 Å². The van der Waals surface area contributed by atoms with Crippen molar-refractivity contribution in [2.45, 2.75) is 26.4 Å². The maximum absolute atomic E-state index is 4.17. The van der Waals surface area contributed by atoms with Gasteiger partial charge in [-0.2, -0.15) is 0 Å². The van der Waals surface area contributed by atoms with Gasteiger partial charge in [-0.3, -0.25) is 0 Å². The number of aromatic nitrogens is 3. The fourth-order valence-electron chi connectivity index (χ4n) is 1.58. The first-order valence-corrected chi connectivity index (χ1v) is 4.89. The fraction of sp³-hybridized carbons (Fsp3) is 0.364. The molecule has 0 aliphatic carbocycles. The molecule has 2 heterocycles. The average molecular weight is 189 g/mol. The van der Waals surface area contributed by atoms with Crippen molar-refractivity contribution in [1.29, 1.82) is 0 Å². The van der Waals surface area contributed by atoms with Crippen molar-refractivity contribution in [2.24, 2.45) is 0 Å². The number of rotatable bonds is 3. The highest BCUT2D eigenvalue weighted by Crippen LogP contribution is 2.10. The first kappa shape index (κ1) is 9.06. The Morgan fingerprint density at radius 2 is 2.00 bits per heavy atom. The van der Waals surface area contributed by atoms with Gasteiger partial charge in [-0.1, -0.05) is 0 Å². The summed E-state index contributed by atoms with van der Waals surface area (Å²) in [7, 11) is 0. The molecular weight excluding hydrogens is 174 g/mol. The Morgan fingerprint density at radius 3 is 2.64 bits per heavy atom. The fourth-order valence-corrected chi connectivity index (χ4v) is 1.58. The summed E-state index contributed by atoms with van der Waals surface area (Å²) >= 11 is 0. The number of imidazole rings is 1. The van der Waals surface area contributed by atoms with Gasteiger partial charge in [0.25, 0.3) is 0 Å². The first-order valence-electron chi connectivity index (χ1n) is 4.89. The molecule has 3 nitrogen and oxygen atoms in total. The minimum atomic E-state index is 0.475. The second-order valence-electron chi connectivity index (χ2n) is 3.74. The smallest absolute Gasteiger partial charge is 0.0951 e. The molecule has 3 heteroatoms. The van der Waals surface area contributed by atoms with Gasteiger partial charge in [0.1, 0.15) is 0 Å². The molecule has 0 atom stereocenters. The molecule has 0 amide bonds. The van der Waals surface area contributed by atoms with Crippen LogP contribution >= 0.6 is 0 Å². The first-order chi connectivity index (χ1) is 6.77. The second-order valence-corrected chi connectivity index (χ2v) is 3.74. The van der Waals surface area contributed by atoms with E-state index in [4.69, 9.17) is 0 Å². The van der Waals surface area contributed by atoms with Crippen molar-refractivity contribution < 1.29 is 0 Å². The summed E-state index contributed by atoms with van der Waals surface area (Å²) in [6.45, 7) is 5.23.